The van der Waals surface area contributed by atoms with E-state index in [9.17, 15) is 9.59 Å². The number of fused-ring (bicyclic) bond motifs is 1. The second-order valence-corrected chi connectivity index (χ2v) is 8.04. The molecule has 0 bridgehead atoms. The van der Waals surface area contributed by atoms with Gasteiger partial charge in [-0.2, -0.15) is 0 Å². The van der Waals surface area contributed by atoms with E-state index in [1.165, 1.54) is 16.9 Å². The van der Waals surface area contributed by atoms with Gasteiger partial charge in [-0.15, -0.1) is 21.5 Å². The molecule has 0 saturated carbocycles. The molecule has 0 aliphatic heterocycles. The Morgan fingerprint density at radius 3 is 3.08 bits per heavy atom. The van der Waals surface area contributed by atoms with Crippen molar-refractivity contribution in [2.24, 2.45) is 5.92 Å². The molecule has 2 aromatic heterocycles. The largest absolute Gasteiger partial charge is 0.410 e. The number of hydrogen-bond acceptors (Lipinski definition) is 7. The van der Waals surface area contributed by atoms with E-state index < -0.39 is 11.9 Å². The molecular formula is C16H20N4O3S2. The predicted octanol–water partition coefficient (Wildman–Crippen LogP) is 2.86. The molecule has 2 aromatic rings. The van der Waals surface area contributed by atoms with E-state index in [1.807, 2.05) is 0 Å². The number of urea groups is 1. The molecule has 0 spiro atoms. The van der Waals surface area contributed by atoms with Crippen molar-refractivity contribution in [2.45, 2.75) is 38.3 Å². The molecule has 0 radical (unpaired) electrons. The van der Waals surface area contributed by atoms with E-state index in [0.717, 1.165) is 29.5 Å². The Balaban J connectivity index is 1.58. The number of thiophene rings is 1. The molecule has 2 N–H and O–H groups in total. The van der Waals surface area contributed by atoms with Crippen LogP contribution in [0.5, 0.6) is 0 Å². The Morgan fingerprint density at radius 1 is 1.44 bits per heavy atom. The zero-order valence-corrected chi connectivity index (χ0v) is 15.8. The van der Waals surface area contributed by atoms with Gasteiger partial charge in [0.05, 0.1) is 10.6 Å². The molecule has 1 atom stereocenters. The lowest BCUT2D eigenvalue weighted by Gasteiger charge is -2.16. The summed E-state index contributed by atoms with van der Waals surface area (Å²) in [5.41, 5.74) is 1.38. The molecule has 9 heteroatoms. The van der Waals surface area contributed by atoms with Gasteiger partial charge in [-0.3, -0.25) is 10.1 Å². The Kier molecular flexibility index (Phi) is 5.74. The van der Waals surface area contributed by atoms with Gasteiger partial charge in [0.15, 0.2) is 0 Å². The number of carbonyl (C=O) groups excluding carboxylic acids is 2. The molecule has 134 valence electrons. The van der Waals surface area contributed by atoms with Crippen LogP contribution >= 0.6 is 23.1 Å². The summed E-state index contributed by atoms with van der Waals surface area (Å²) in [4.78, 5) is 25.3. The van der Waals surface area contributed by atoms with Crippen molar-refractivity contribution in [2.75, 3.05) is 12.3 Å². The van der Waals surface area contributed by atoms with Crippen molar-refractivity contribution >= 4 is 35.0 Å². The Hall–Kier alpha value is -1.87. The van der Waals surface area contributed by atoms with Crippen molar-refractivity contribution < 1.29 is 14.0 Å². The van der Waals surface area contributed by atoms with Crippen LogP contribution in [-0.4, -0.2) is 34.4 Å². The molecule has 3 amide bonds. The highest BCUT2D eigenvalue weighted by molar-refractivity contribution is 7.99. The van der Waals surface area contributed by atoms with Gasteiger partial charge in [0.2, 0.25) is 5.91 Å². The Bertz CT molecular complexity index is 771. The first-order valence-corrected chi connectivity index (χ1v) is 10.0. The van der Waals surface area contributed by atoms with Crippen LogP contribution in [-0.2, 0) is 17.6 Å². The molecule has 0 aromatic carbocycles. The highest BCUT2D eigenvalue weighted by Crippen LogP contribution is 2.37. The lowest BCUT2D eigenvalue weighted by Crippen LogP contribution is -2.40. The Labute approximate surface area is 154 Å². The number of hydrogen-bond donors (Lipinski definition) is 2. The van der Waals surface area contributed by atoms with E-state index in [0.29, 0.717) is 23.6 Å². The van der Waals surface area contributed by atoms with Gasteiger partial charge in [-0.1, -0.05) is 18.7 Å². The molecule has 0 saturated heterocycles. The van der Waals surface area contributed by atoms with Crippen molar-refractivity contribution in [3.05, 3.63) is 16.5 Å². The minimum atomic E-state index is -0.502. The highest BCUT2D eigenvalue weighted by Gasteiger charge is 2.21. The monoisotopic (exact) mass is 380 g/mol. The highest BCUT2D eigenvalue weighted by atomic mass is 32.2. The number of nitrogens with one attached hydrogen (secondary N) is 2. The summed E-state index contributed by atoms with van der Waals surface area (Å²) in [7, 11) is 0. The van der Waals surface area contributed by atoms with Gasteiger partial charge < -0.3 is 9.73 Å². The molecule has 3 rings (SSSR count). The quantitative estimate of drug-likeness (QED) is 0.774. The molecule has 0 unspecified atom stereocenters. The maximum absolute atomic E-state index is 11.7. The van der Waals surface area contributed by atoms with E-state index in [4.69, 9.17) is 4.42 Å². The van der Waals surface area contributed by atoms with E-state index in [1.54, 1.807) is 18.3 Å². The van der Waals surface area contributed by atoms with Crippen LogP contribution in [0.15, 0.2) is 15.7 Å². The number of amides is 3. The summed E-state index contributed by atoms with van der Waals surface area (Å²) in [6.07, 6.45) is 3.43. The number of carbonyl (C=O) groups is 2. The number of thioether (sulfide) groups is 1. The number of rotatable bonds is 5. The van der Waals surface area contributed by atoms with Crippen LogP contribution in [0.1, 0.15) is 30.7 Å². The van der Waals surface area contributed by atoms with Crippen molar-refractivity contribution in [1.82, 2.24) is 20.8 Å². The number of nitrogens with zero attached hydrogens (tertiary/aromatic N) is 2. The van der Waals surface area contributed by atoms with Gasteiger partial charge >= 0.3 is 6.03 Å². The summed E-state index contributed by atoms with van der Waals surface area (Å²) in [5.74, 6) is 0.833. The molecule has 25 heavy (non-hydrogen) atoms. The number of imide groups is 1. The average molecular weight is 380 g/mol. The Morgan fingerprint density at radius 2 is 2.28 bits per heavy atom. The van der Waals surface area contributed by atoms with Crippen LogP contribution in [0.25, 0.3) is 10.8 Å². The van der Waals surface area contributed by atoms with Crippen LogP contribution < -0.4 is 10.6 Å². The minimum Gasteiger partial charge on any atom is -0.410 e. The number of aromatic nitrogens is 2. The van der Waals surface area contributed by atoms with Crippen molar-refractivity contribution in [1.29, 1.82) is 0 Å². The van der Waals surface area contributed by atoms with Gasteiger partial charge in [-0.05, 0) is 43.7 Å². The van der Waals surface area contributed by atoms with E-state index >= 15 is 0 Å². The third kappa shape index (κ3) is 4.60. The third-order valence-corrected chi connectivity index (χ3v) is 5.91. The fourth-order valence-electron chi connectivity index (χ4n) is 2.67. The molecule has 7 nitrogen and oxygen atoms in total. The van der Waals surface area contributed by atoms with Crippen LogP contribution in [0.4, 0.5) is 4.79 Å². The zero-order valence-electron chi connectivity index (χ0n) is 14.1. The summed E-state index contributed by atoms with van der Waals surface area (Å²) < 4.78 is 5.65. The average Bonchev–Trinajstić information content (AvgIpc) is 3.19. The summed E-state index contributed by atoms with van der Waals surface area (Å²) >= 11 is 2.82. The van der Waals surface area contributed by atoms with E-state index in [2.05, 4.69) is 33.8 Å². The number of aryl methyl sites for hydroxylation is 1. The van der Waals surface area contributed by atoms with Crippen LogP contribution in [0.3, 0.4) is 0 Å². The topological polar surface area (TPSA) is 97.1 Å². The molecule has 2 heterocycles. The molecule has 1 aliphatic carbocycles. The first-order valence-electron chi connectivity index (χ1n) is 8.21. The van der Waals surface area contributed by atoms with E-state index in [-0.39, 0.29) is 5.75 Å². The van der Waals surface area contributed by atoms with Crippen LogP contribution in [0.2, 0.25) is 0 Å². The first kappa shape index (κ1) is 17.9. The lowest BCUT2D eigenvalue weighted by atomic mass is 9.90. The minimum absolute atomic E-state index is 0.0389. The zero-order chi connectivity index (χ0) is 17.8. The summed E-state index contributed by atoms with van der Waals surface area (Å²) in [5, 5.41) is 13.1. The first-order chi connectivity index (χ1) is 12.0. The van der Waals surface area contributed by atoms with Crippen molar-refractivity contribution in [3.8, 4) is 10.8 Å². The summed E-state index contributed by atoms with van der Waals surface area (Å²) in [6, 6.07) is 1.64. The maximum atomic E-state index is 11.7. The standard InChI is InChI=1S/C16H20N4O3S2/c1-3-17-15(22)18-13(21)8-24-16-20-19-14(23-16)12-7-10-6-9(2)4-5-11(10)25-12/h7,9H,3-6,8H2,1-2H3,(H2,17,18,21,22)/t9-/m0/s1. The normalized spacial score (nSPS) is 16.3. The van der Waals surface area contributed by atoms with Gasteiger partial charge in [0.25, 0.3) is 11.1 Å². The molecular weight excluding hydrogens is 360 g/mol. The van der Waals surface area contributed by atoms with Crippen LogP contribution in [0, 0.1) is 5.92 Å². The van der Waals surface area contributed by atoms with Gasteiger partial charge in [-0.25, -0.2) is 4.79 Å². The maximum Gasteiger partial charge on any atom is 0.321 e. The smallest absolute Gasteiger partial charge is 0.321 e. The third-order valence-electron chi connectivity index (χ3n) is 3.86. The molecule has 1 aliphatic rings. The second-order valence-electron chi connectivity index (χ2n) is 5.98. The fraction of sp³-hybridized carbons (Fsp3) is 0.500. The molecule has 0 fully saturated rings. The SMILES string of the molecule is CCNC(=O)NC(=O)CSc1nnc(-c2cc3c(s2)CC[C@H](C)C3)o1. The summed E-state index contributed by atoms with van der Waals surface area (Å²) in [6.45, 7) is 4.51. The fourth-order valence-corrected chi connectivity index (χ4v) is 4.37. The van der Waals surface area contributed by atoms with Crippen molar-refractivity contribution in [3.63, 3.8) is 0 Å². The van der Waals surface area contributed by atoms with Gasteiger partial charge in [0.1, 0.15) is 0 Å². The lowest BCUT2D eigenvalue weighted by molar-refractivity contribution is -0.117. The van der Waals surface area contributed by atoms with Gasteiger partial charge in [0, 0.05) is 11.4 Å². The second kappa shape index (κ2) is 8.01. The predicted molar refractivity (Wildman–Crippen MR) is 96.7 cm³/mol.